The van der Waals surface area contributed by atoms with Gasteiger partial charge in [0.2, 0.25) is 0 Å². The van der Waals surface area contributed by atoms with Gasteiger partial charge < -0.3 is 10.6 Å². The highest BCUT2D eigenvalue weighted by Crippen LogP contribution is 2.33. The predicted molar refractivity (Wildman–Crippen MR) is 179 cm³/mol. The predicted octanol–water partition coefficient (Wildman–Crippen LogP) is 8.68. The average molecular weight is 725 g/mol. The number of hydrogen-bond acceptors (Lipinski definition) is 6. The fourth-order valence-electron chi connectivity index (χ4n) is 4.99. The van der Waals surface area contributed by atoms with Crippen molar-refractivity contribution in [3.05, 3.63) is 142 Å². The van der Waals surface area contributed by atoms with Gasteiger partial charge in [0.25, 0.3) is 11.8 Å². The fourth-order valence-corrected chi connectivity index (χ4v) is 5.20. The Labute approximate surface area is 291 Å². The van der Waals surface area contributed by atoms with Crippen molar-refractivity contribution in [2.24, 2.45) is 0 Å². The van der Waals surface area contributed by atoms with Crippen molar-refractivity contribution in [3.8, 4) is 0 Å². The number of carbonyl (C=O) groups excluding carboxylic acids is 2. The summed E-state index contributed by atoms with van der Waals surface area (Å²) in [5, 5.41) is 6.73. The average Bonchev–Trinajstić information content (AvgIpc) is 3.09. The first-order chi connectivity index (χ1) is 24.1. The normalized spacial score (nSPS) is 12.2. The SMILES string of the molecule is Cc1nc2ncccc2cc1C(=O)N[C@@H](C)c1cccc(C(F)(F)F)c1.O=C(NCc1cccc(Cl)c1)c1cc2cccnc2nc1C(F)(F)F. The number of carbonyl (C=O) groups is 2. The molecule has 0 radical (unpaired) electrons. The first kappa shape index (κ1) is 36.6. The van der Waals surface area contributed by atoms with Crippen LogP contribution in [0.25, 0.3) is 22.1 Å². The van der Waals surface area contributed by atoms with Crippen molar-refractivity contribution >= 4 is 45.5 Å². The summed E-state index contributed by atoms with van der Waals surface area (Å²) >= 11 is 5.85. The third kappa shape index (κ3) is 9.14. The molecule has 0 aliphatic rings. The van der Waals surface area contributed by atoms with Crippen LogP contribution in [0.1, 0.15) is 61.8 Å². The maximum atomic E-state index is 13.3. The number of pyridine rings is 4. The first-order valence-corrected chi connectivity index (χ1v) is 15.5. The first-order valence-electron chi connectivity index (χ1n) is 15.2. The zero-order valence-corrected chi connectivity index (χ0v) is 27.5. The molecule has 6 aromatic rings. The number of rotatable bonds is 6. The zero-order chi connectivity index (χ0) is 36.9. The Balaban J connectivity index is 0.000000198. The fraction of sp³-hybridized carbons (Fsp3) is 0.167. The van der Waals surface area contributed by atoms with Crippen LogP contribution in [-0.4, -0.2) is 31.8 Å². The van der Waals surface area contributed by atoms with Crippen molar-refractivity contribution in [3.63, 3.8) is 0 Å². The van der Waals surface area contributed by atoms with Gasteiger partial charge in [-0.3, -0.25) is 9.59 Å². The van der Waals surface area contributed by atoms with Gasteiger partial charge in [0.1, 0.15) is 0 Å². The Morgan fingerprint density at radius 1 is 0.745 bits per heavy atom. The van der Waals surface area contributed by atoms with Gasteiger partial charge in [-0.1, -0.05) is 35.9 Å². The van der Waals surface area contributed by atoms with E-state index in [0.29, 0.717) is 38.4 Å². The second-order valence-electron chi connectivity index (χ2n) is 11.2. The molecule has 2 amide bonds. The molecule has 0 saturated heterocycles. The van der Waals surface area contributed by atoms with Crippen molar-refractivity contribution in [1.82, 2.24) is 30.6 Å². The number of aromatic nitrogens is 4. The van der Waals surface area contributed by atoms with Gasteiger partial charge in [0.05, 0.1) is 28.4 Å². The Morgan fingerprint density at radius 3 is 2.00 bits per heavy atom. The van der Waals surface area contributed by atoms with E-state index in [4.69, 9.17) is 11.6 Å². The summed E-state index contributed by atoms with van der Waals surface area (Å²) in [6, 6.07) is 20.5. The lowest BCUT2D eigenvalue weighted by atomic mass is 10.0. The second kappa shape index (κ2) is 15.1. The number of fused-ring (bicyclic) bond motifs is 2. The molecule has 51 heavy (non-hydrogen) atoms. The summed E-state index contributed by atoms with van der Waals surface area (Å²) in [7, 11) is 0. The minimum Gasteiger partial charge on any atom is -0.348 e. The van der Waals surface area contributed by atoms with Crippen LogP contribution >= 0.6 is 11.6 Å². The van der Waals surface area contributed by atoms with E-state index in [0.717, 1.165) is 23.6 Å². The van der Waals surface area contributed by atoms with Gasteiger partial charge in [-0.05, 0) is 85.6 Å². The number of aryl methyl sites for hydroxylation is 1. The van der Waals surface area contributed by atoms with Crippen molar-refractivity contribution in [2.75, 3.05) is 0 Å². The molecular weight excluding hydrogens is 698 g/mol. The molecule has 0 aliphatic heterocycles. The van der Waals surface area contributed by atoms with Crippen LogP contribution in [0.15, 0.2) is 97.3 Å². The number of nitrogens with one attached hydrogen (secondary N) is 2. The molecule has 15 heteroatoms. The molecule has 2 N–H and O–H groups in total. The number of nitrogens with zero attached hydrogens (tertiary/aromatic N) is 4. The van der Waals surface area contributed by atoms with E-state index < -0.39 is 47.0 Å². The summed E-state index contributed by atoms with van der Waals surface area (Å²) < 4.78 is 78.4. The van der Waals surface area contributed by atoms with Crippen LogP contribution in [0.2, 0.25) is 5.02 Å². The van der Waals surface area contributed by atoms with Crippen LogP contribution in [0, 0.1) is 6.92 Å². The summed E-state index contributed by atoms with van der Waals surface area (Å²) in [6.45, 7) is 3.37. The highest BCUT2D eigenvalue weighted by atomic mass is 35.5. The molecule has 4 aromatic heterocycles. The van der Waals surface area contributed by atoms with E-state index in [1.165, 1.54) is 12.3 Å². The Hall–Kier alpha value is -5.63. The highest BCUT2D eigenvalue weighted by Gasteiger charge is 2.38. The molecule has 262 valence electrons. The minimum atomic E-state index is -4.77. The quantitative estimate of drug-likeness (QED) is 0.167. The van der Waals surface area contributed by atoms with Gasteiger partial charge in [0, 0.05) is 34.7 Å². The van der Waals surface area contributed by atoms with E-state index in [1.54, 1.807) is 80.7 Å². The molecule has 1 atom stereocenters. The summed E-state index contributed by atoms with van der Waals surface area (Å²) in [6.07, 6.45) is -6.24. The zero-order valence-electron chi connectivity index (χ0n) is 26.8. The van der Waals surface area contributed by atoms with Gasteiger partial charge >= 0.3 is 12.4 Å². The van der Waals surface area contributed by atoms with Crippen LogP contribution in [0.3, 0.4) is 0 Å². The van der Waals surface area contributed by atoms with Crippen LogP contribution in [0.5, 0.6) is 0 Å². The van der Waals surface area contributed by atoms with Gasteiger partial charge in [0.15, 0.2) is 17.0 Å². The third-order valence-corrected chi connectivity index (χ3v) is 7.77. The lowest BCUT2D eigenvalue weighted by molar-refractivity contribution is -0.141. The van der Waals surface area contributed by atoms with Gasteiger partial charge in [-0.25, -0.2) is 19.9 Å². The summed E-state index contributed by atoms with van der Waals surface area (Å²) in [4.78, 5) is 40.6. The largest absolute Gasteiger partial charge is 0.434 e. The number of halogens is 7. The van der Waals surface area contributed by atoms with Crippen molar-refractivity contribution < 1.29 is 35.9 Å². The molecule has 2 aromatic carbocycles. The standard InChI is InChI=1S/C19H16F3N3O.C17H11ClF3N3O/c1-11(13-5-3-7-15(9-13)19(20,21)22)25-18(26)16-10-14-6-4-8-23-17(14)24-12(16)2;18-12-5-1-3-10(7-12)9-23-16(25)13-8-11-4-2-6-22-15(11)24-14(13)17(19,20)21/h3-11H,1-2H3,(H,25,26);1-8H,9H2,(H,23,25)/t11-;/m0./s1. The van der Waals surface area contributed by atoms with E-state index in [1.807, 2.05) is 0 Å². The Bertz CT molecular complexity index is 2230. The topological polar surface area (TPSA) is 110 Å². The van der Waals surface area contributed by atoms with Crippen LogP contribution < -0.4 is 10.6 Å². The number of hydrogen-bond donors (Lipinski definition) is 2. The van der Waals surface area contributed by atoms with Crippen molar-refractivity contribution in [1.29, 1.82) is 0 Å². The maximum absolute atomic E-state index is 13.3. The lowest BCUT2D eigenvalue weighted by Gasteiger charge is -2.17. The molecule has 0 unspecified atom stereocenters. The van der Waals surface area contributed by atoms with E-state index >= 15 is 0 Å². The van der Waals surface area contributed by atoms with E-state index in [2.05, 4.69) is 30.6 Å². The third-order valence-electron chi connectivity index (χ3n) is 7.53. The smallest absolute Gasteiger partial charge is 0.348 e. The monoisotopic (exact) mass is 724 g/mol. The summed E-state index contributed by atoms with van der Waals surface area (Å²) in [5.74, 6) is -1.27. The Kier molecular flexibility index (Phi) is 10.8. The van der Waals surface area contributed by atoms with Crippen LogP contribution in [-0.2, 0) is 18.9 Å². The minimum absolute atomic E-state index is 0.0434. The van der Waals surface area contributed by atoms with E-state index in [-0.39, 0.29) is 12.2 Å². The molecule has 0 saturated carbocycles. The molecule has 4 heterocycles. The number of amides is 2. The molecule has 0 fully saturated rings. The molecule has 8 nitrogen and oxygen atoms in total. The highest BCUT2D eigenvalue weighted by molar-refractivity contribution is 6.30. The molecule has 6 rings (SSSR count). The lowest BCUT2D eigenvalue weighted by Crippen LogP contribution is -2.27. The molecule has 0 spiro atoms. The number of alkyl halides is 6. The number of benzene rings is 2. The van der Waals surface area contributed by atoms with Crippen molar-refractivity contribution in [2.45, 2.75) is 38.8 Å². The van der Waals surface area contributed by atoms with E-state index in [9.17, 15) is 35.9 Å². The van der Waals surface area contributed by atoms with Gasteiger partial charge in [-0.2, -0.15) is 26.3 Å². The molecular formula is C36H27ClF6N6O2. The van der Waals surface area contributed by atoms with Gasteiger partial charge in [-0.15, -0.1) is 0 Å². The second-order valence-corrected chi connectivity index (χ2v) is 11.7. The van der Waals surface area contributed by atoms with Crippen LogP contribution in [0.4, 0.5) is 26.3 Å². The molecule has 0 aliphatic carbocycles. The maximum Gasteiger partial charge on any atom is 0.434 e. The Morgan fingerprint density at radius 2 is 1.37 bits per heavy atom. The summed E-state index contributed by atoms with van der Waals surface area (Å²) in [5.41, 5.74) is -0.169. The molecule has 0 bridgehead atoms.